The van der Waals surface area contributed by atoms with E-state index in [9.17, 15) is 15.3 Å². The number of phenolic OH excluding ortho intramolecular Hbond substituents is 3. The molecule has 7 N–H and O–H groups in total. The Bertz CT molecular complexity index is 1380. The highest BCUT2D eigenvalue weighted by molar-refractivity contribution is 5.97. The van der Waals surface area contributed by atoms with Gasteiger partial charge in [-0.3, -0.25) is 0 Å². The minimum atomic E-state index is -0.251. The Morgan fingerprint density at radius 1 is 0.722 bits per heavy atom. The van der Waals surface area contributed by atoms with Crippen LogP contribution in [0.4, 0.5) is 11.4 Å². The van der Waals surface area contributed by atoms with E-state index in [0.717, 1.165) is 11.1 Å². The van der Waals surface area contributed by atoms with E-state index in [1.54, 1.807) is 18.2 Å². The van der Waals surface area contributed by atoms with Gasteiger partial charge >= 0.3 is 0 Å². The summed E-state index contributed by atoms with van der Waals surface area (Å²) in [7, 11) is 2.83. The summed E-state index contributed by atoms with van der Waals surface area (Å²) in [6, 6.07) is 17.1. The first-order valence-electron chi connectivity index (χ1n) is 11.1. The van der Waals surface area contributed by atoms with E-state index in [-0.39, 0.29) is 58.0 Å². The molecular weight excluding hydrogens is 460 g/mol. The predicted octanol–water partition coefficient (Wildman–Crippen LogP) is 5.21. The number of hydrogen-bond acceptors (Lipinski definition) is 8. The van der Waals surface area contributed by atoms with Gasteiger partial charge in [0.15, 0.2) is 28.7 Å². The van der Waals surface area contributed by atoms with Crippen LogP contribution in [0.3, 0.4) is 0 Å². The maximum absolute atomic E-state index is 11.2. The first kappa shape index (κ1) is 24.4. The number of nitrogen functional groups attached to an aromatic ring is 2. The molecule has 36 heavy (non-hydrogen) atoms. The summed E-state index contributed by atoms with van der Waals surface area (Å²) in [6.45, 7) is 2.21. The van der Waals surface area contributed by atoms with Gasteiger partial charge in [0, 0.05) is 0 Å². The molecule has 4 rings (SSSR count). The van der Waals surface area contributed by atoms with E-state index < -0.39 is 0 Å². The van der Waals surface area contributed by atoms with Crippen molar-refractivity contribution in [1.82, 2.24) is 0 Å². The van der Waals surface area contributed by atoms with E-state index in [2.05, 4.69) is 0 Å². The van der Waals surface area contributed by atoms with E-state index in [1.165, 1.54) is 32.4 Å². The second kappa shape index (κ2) is 9.87. The molecule has 0 unspecified atom stereocenters. The van der Waals surface area contributed by atoms with Gasteiger partial charge < -0.3 is 41.0 Å². The molecule has 0 fully saturated rings. The number of phenols is 3. The molecule has 0 spiro atoms. The molecule has 0 aliphatic carbocycles. The zero-order chi connectivity index (χ0) is 26.0. The Morgan fingerprint density at radius 2 is 1.36 bits per heavy atom. The van der Waals surface area contributed by atoms with Gasteiger partial charge in [0.1, 0.15) is 12.4 Å². The summed E-state index contributed by atoms with van der Waals surface area (Å²) in [5.74, 6) is 0.0193. The van der Waals surface area contributed by atoms with Gasteiger partial charge in [-0.25, -0.2) is 0 Å². The lowest BCUT2D eigenvalue weighted by molar-refractivity contribution is 0.291. The number of anilines is 2. The summed E-state index contributed by atoms with van der Waals surface area (Å²) in [6.07, 6.45) is 0. The van der Waals surface area contributed by atoms with Crippen LogP contribution in [-0.4, -0.2) is 29.5 Å². The van der Waals surface area contributed by atoms with E-state index in [4.69, 9.17) is 25.7 Å². The summed E-state index contributed by atoms with van der Waals surface area (Å²) < 4.78 is 16.9. The Morgan fingerprint density at radius 3 is 1.94 bits per heavy atom. The van der Waals surface area contributed by atoms with Crippen molar-refractivity contribution in [1.29, 1.82) is 0 Å². The summed E-state index contributed by atoms with van der Waals surface area (Å²) in [5.41, 5.74) is 16.7. The Kier molecular flexibility index (Phi) is 6.69. The maximum Gasteiger partial charge on any atom is 0.184 e. The number of methoxy groups -OCH3 is 2. The smallest absolute Gasteiger partial charge is 0.184 e. The van der Waals surface area contributed by atoms with Crippen LogP contribution in [0.1, 0.15) is 11.1 Å². The van der Waals surface area contributed by atoms with Crippen molar-refractivity contribution in [3.05, 3.63) is 71.8 Å². The lowest BCUT2D eigenvalue weighted by Gasteiger charge is -2.21. The summed E-state index contributed by atoms with van der Waals surface area (Å²) >= 11 is 0. The molecule has 8 nitrogen and oxygen atoms in total. The van der Waals surface area contributed by atoms with Crippen molar-refractivity contribution in [2.75, 3.05) is 25.7 Å². The number of ether oxygens (including phenoxy) is 3. The molecule has 0 atom stereocenters. The van der Waals surface area contributed by atoms with Crippen molar-refractivity contribution in [2.24, 2.45) is 0 Å². The fourth-order valence-corrected chi connectivity index (χ4v) is 4.08. The van der Waals surface area contributed by atoms with E-state index >= 15 is 0 Å². The molecule has 4 aromatic rings. The zero-order valence-corrected chi connectivity index (χ0v) is 20.2. The first-order valence-corrected chi connectivity index (χ1v) is 11.1. The fraction of sp³-hybridized carbons (Fsp3) is 0.143. The lowest BCUT2D eigenvalue weighted by atomic mass is 9.94. The second-order valence-electron chi connectivity index (χ2n) is 8.31. The van der Waals surface area contributed by atoms with Gasteiger partial charge in [-0.05, 0) is 47.9 Å². The van der Waals surface area contributed by atoms with Gasteiger partial charge in [-0.2, -0.15) is 0 Å². The third-order valence-electron chi connectivity index (χ3n) is 5.87. The highest BCUT2D eigenvalue weighted by atomic mass is 16.5. The molecule has 0 heterocycles. The van der Waals surface area contributed by atoms with Crippen molar-refractivity contribution in [3.63, 3.8) is 0 Å². The number of aromatic hydroxyl groups is 3. The molecule has 0 aliphatic rings. The molecule has 0 bridgehead atoms. The van der Waals surface area contributed by atoms with Gasteiger partial charge in [0.05, 0.1) is 36.7 Å². The van der Waals surface area contributed by atoms with E-state index in [0.29, 0.717) is 16.7 Å². The minimum absolute atomic E-state index is 0.0831. The number of nitrogens with two attached hydrogens (primary N) is 2. The number of hydrogen-bond donors (Lipinski definition) is 5. The number of rotatable bonds is 7. The van der Waals surface area contributed by atoms with Crippen LogP contribution in [0.5, 0.6) is 34.5 Å². The largest absolute Gasteiger partial charge is 0.508 e. The van der Waals surface area contributed by atoms with Crippen LogP contribution in [0, 0.1) is 6.92 Å². The highest BCUT2D eigenvalue weighted by Crippen LogP contribution is 2.55. The van der Waals surface area contributed by atoms with Crippen LogP contribution in [0.25, 0.3) is 22.3 Å². The van der Waals surface area contributed by atoms with Gasteiger partial charge in [-0.1, -0.05) is 42.0 Å². The molecule has 0 aromatic heterocycles. The maximum atomic E-state index is 11.2. The van der Waals surface area contributed by atoms with Gasteiger partial charge in [0.25, 0.3) is 0 Å². The first-order chi connectivity index (χ1) is 17.2. The number of benzene rings is 4. The standard InChI is InChI=1S/C28H28N2O6/c1-15-4-6-16(7-5-15)14-36-26-20(29)12-18(13-21(26)32)23-25(33)28(35-3)22(24(30)27(23)34-2)17-8-10-19(31)11-9-17/h4-13,31-33H,14,29-30H2,1-3H3. The minimum Gasteiger partial charge on any atom is -0.508 e. The Hall–Kier alpha value is -4.72. The topological polar surface area (TPSA) is 140 Å². The van der Waals surface area contributed by atoms with Crippen LogP contribution >= 0.6 is 0 Å². The second-order valence-corrected chi connectivity index (χ2v) is 8.31. The molecule has 0 amide bonds. The SMILES string of the molecule is COc1c(O)c(-c2cc(N)c(OCc3ccc(C)cc3)c(O)c2)c(OC)c(N)c1-c1ccc(O)cc1. The molecule has 4 aromatic carbocycles. The van der Waals surface area contributed by atoms with Crippen molar-refractivity contribution in [3.8, 4) is 56.8 Å². The normalized spacial score (nSPS) is 10.8. The van der Waals surface area contributed by atoms with Gasteiger partial charge in [0.2, 0.25) is 0 Å². The molecule has 0 saturated heterocycles. The van der Waals surface area contributed by atoms with Crippen LogP contribution in [-0.2, 0) is 6.61 Å². The Labute approximate surface area is 208 Å². The molecule has 8 heteroatoms. The average Bonchev–Trinajstić information content (AvgIpc) is 2.85. The van der Waals surface area contributed by atoms with Crippen molar-refractivity contribution < 1.29 is 29.5 Å². The quantitative estimate of drug-likeness (QED) is 0.176. The van der Waals surface area contributed by atoms with Crippen LogP contribution in [0.2, 0.25) is 0 Å². The van der Waals surface area contributed by atoms with E-state index in [1.807, 2.05) is 31.2 Å². The Balaban J connectivity index is 1.79. The summed E-state index contributed by atoms with van der Waals surface area (Å²) in [4.78, 5) is 0. The molecular formula is C28H28N2O6. The molecule has 0 saturated carbocycles. The third-order valence-corrected chi connectivity index (χ3v) is 5.87. The monoisotopic (exact) mass is 488 g/mol. The summed E-state index contributed by atoms with van der Waals surface area (Å²) in [5, 5.41) is 31.6. The van der Waals surface area contributed by atoms with Crippen molar-refractivity contribution >= 4 is 11.4 Å². The molecule has 0 radical (unpaired) electrons. The average molecular weight is 489 g/mol. The molecule has 0 aliphatic heterocycles. The highest BCUT2D eigenvalue weighted by Gasteiger charge is 2.27. The fourth-order valence-electron chi connectivity index (χ4n) is 4.08. The molecule has 186 valence electrons. The van der Waals surface area contributed by atoms with Crippen LogP contribution in [0.15, 0.2) is 60.7 Å². The van der Waals surface area contributed by atoms with Gasteiger partial charge in [-0.15, -0.1) is 0 Å². The predicted molar refractivity (Wildman–Crippen MR) is 140 cm³/mol. The lowest BCUT2D eigenvalue weighted by Crippen LogP contribution is -2.03. The zero-order valence-electron chi connectivity index (χ0n) is 20.2. The third kappa shape index (κ3) is 4.48. The van der Waals surface area contributed by atoms with Crippen LogP contribution < -0.4 is 25.7 Å². The van der Waals surface area contributed by atoms with Crippen molar-refractivity contribution in [2.45, 2.75) is 13.5 Å². The number of aryl methyl sites for hydroxylation is 1.